The fraction of sp³-hybridized carbons (Fsp3) is 0.650. The van der Waals surface area contributed by atoms with Crippen molar-refractivity contribution in [3.63, 3.8) is 0 Å². The lowest BCUT2D eigenvalue weighted by molar-refractivity contribution is 0.0906. The number of halogens is 1. The molecule has 1 N–H and O–H groups in total. The number of likely N-dealkylation sites (tertiary alicyclic amines) is 1. The summed E-state index contributed by atoms with van der Waals surface area (Å²) >= 11 is 1.87. The Bertz CT molecular complexity index is 539. The highest BCUT2D eigenvalue weighted by molar-refractivity contribution is 14.0. The SMILES string of the molecule is CCNC(=NCC(C)(C)SC)N1CCC(COCc2ccccc2)C1.I. The normalized spacial score (nSPS) is 17.9. The molecule has 0 saturated carbocycles. The predicted octanol–water partition coefficient (Wildman–Crippen LogP) is 4.25. The zero-order chi connectivity index (χ0) is 18.1. The van der Waals surface area contributed by atoms with E-state index in [1.165, 1.54) is 12.0 Å². The number of benzene rings is 1. The van der Waals surface area contributed by atoms with Crippen LogP contribution in [0.25, 0.3) is 0 Å². The summed E-state index contributed by atoms with van der Waals surface area (Å²) in [5.41, 5.74) is 1.24. The summed E-state index contributed by atoms with van der Waals surface area (Å²) in [5, 5.41) is 3.45. The van der Waals surface area contributed by atoms with Gasteiger partial charge in [-0.25, -0.2) is 0 Å². The van der Waals surface area contributed by atoms with Gasteiger partial charge in [0.15, 0.2) is 5.96 Å². The Morgan fingerprint density at radius 2 is 2.08 bits per heavy atom. The maximum Gasteiger partial charge on any atom is 0.193 e. The van der Waals surface area contributed by atoms with Gasteiger partial charge in [-0.15, -0.1) is 24.0 Å². The molecule has 2 rings (SSSR count). The molecule has 1 unspecified atom stereocenters. The van der Waals surface area contributed by atoms with Gasteiger partial charge in [0.25, 0.3) is 0 Å². The third-order valence-corrected chi connectivity index (χ3v) is 5.78. The number of guanidine groups is 1. The van der Waals surface area contributed by atoms with E-state index in [1.54, 1.807) is 0 Å². The summed E-state index contributed by atoms with van der Waals surface area (Å²) in [6.07, 6.45) is 3.32. The van der Waals surface area contributed by atoms with Crippen LogP contribution in [0, 0.1) is 5.92 Å². The minimum Gasteiger partial charge on any atom is -0.376 e. The summed E-state index contributed by atoms with van der Waals surface area (Å²) in [6.45, 7) is 12.0. The molecule has 1 saturated heterocycles. The van der Waals surface area contributed by atoms with Gasteiger partial charge >= 0.3 is 0 Å². The summed E-state index contributed by atoms with van der Waals surface area (Å²) in [4.78, 5) is 7.26. The molecule has 0 spiro atoms. The molecule has 0 radical (unpaired) electrons. The Hall–Kier alpha value is -0.470. The van der Waals surface area contributed by atoms with Crippen molar-refractivity contribution in [3.8, 4) is 0 Å². The lowest BCUT2D eigenvalue weighted by Gasteiger charge is -2.24. The minimum absolute atomic E-state index is 0. The van der Waals surface area contributed by atoms with Gasteiger partial charge < -0.3 is 15.0 Å². The second-order valence-corrected chi connectivity index (χ2v) is 8.75. The standard InChI is InChI=1S/C20H33N3OS.HI/c1-5-21-19(22-16-20(2,3)25-4)23-12-11-18(13-23)15-24-14-17-9-7-6-8-10-17;/h6-10,18H,5,11-16H2,1-4H3,(H,21,22);1H. The average molecular weight is 491 g/mol. The van der Waals surface area contributed by atoms with Gasteiger partial charge in [-0.05, 0) is 39.0 Å². The number of aliphatic imine (C=N–C) groups is 1. The van der Waals surface area contributed by atoms with E-state index in [0.29, 0.717) is 12.5 Å². The first-order chi connectivity index (χ1) is 12.0. The van der Waals surface area contributed by atoms with Crippen molar-refractivity contribution < 1.29 is 4.74 Å². The molecule has 1 aromatic rings. The Morgan fingerprint density at radius 3 is 2.73 bits per heavy atom. The third-order valence-electron chi connectivity index (χ3n) is 4.55. The van der Waals surface area contributed by atoms with Gasteiger partial charge in [0.05, 0.1) is 19.8 Å². The van der Waals surface area contributed by atoms with Gasteiger partial charge in [-0.3, -0.25) is 4.99 Å². The highest BCUT2D eigenvalue weighted by atomic mass is 127. The molecule has 6 heteroatoms. The molecule has 1 aliphatic heterocycles. The first-order valence-electron chi connectivity index (χ1n) is 9.24. The van der Waals surface area contributed by atoms with E-state index in [4.69, 9.17) is 9.73 Å². The van der Waals surface area contributed by atoms with Gasteiger partial charge in [-0.1, -0.05) is 30.3 Å². The lowest BCUT2D eigenvalue weighted by Crippen LogP contribution is -2.41. The van der Waals surface area contributed by atoms with Gasteiger partial charge in [0, 0.05) is 30.3 Å². The van der Waals surface area contributed by atoms with Gasteiger partial charge in [-0.2, -0.15) is 11.8 Å². The molecule has 0 aromatic heterocycles. The van der Waals surface area contributed by atoms with Crippen LogP contribution in [0.3, 0.4) is 0 Å². The number of hydrogen-bond donors (Lipinski definition) is 1. The quantitative estimate of drug-likeness (QED) is 0.335. The zero-order valence-corrected chi connectivity index (χ0v) is 19.7. The summed E-state index contributed by atoms with van der Waals surface area (Å²) in [7, 11) is 0. The molecule has 1 aliphatic rings. The molecule has 148 valence electrons. The molecule has 1 heterocycles. The van der Waals surface area contributed by atoms with E-state index < -0.39 is 0 Å². The molecule has 0 bridgehead atoms. The van der Waals surface area contributed by atoms with Crippen LogP contribution < -0.4 is 5.32 Å². The lowest BCUT2D eigenvalue weighted by atomic mass is 10.1. The monoisotopic (exact) mass is 491 g/mol. The number of nitrogens with one attached hydrogen (secondary N) is 1. The van der Waals surface area contributed by atoms with Crippen molar-refractivity contribution in [1.29, 1.82) is 0 Å². The van der Waals surface area contributed by atoms with Crippen molar-refractivity contribution in [1.82, 2.24) is 10.2 Å². The van der Waals surface area contributed by atoms with E-state index in [-0.39, 0.29) is 28.7 Å². The fourth-order valence-corrected chi connectivity index (χ4v) is 3.03. The Morgan fingerprint density at radius 1 is 1.35 bits per heavy atom. The number of nitrogens with zero attached hydrogens (tertiary/aromatic N) is 2. The maximum absolute atomic E-state index is 5.93. The predicted molar refractivity (Wildman–Crippen MR) is 125 cm³/mol. The van der Waals surface area contributed by atoms with Crippen LogP contribution in [0.1, 0.15) is 32.8 Å². The number of thioether (sulfide) groups is 1. The van der Waals surface area contributed by atoms with Gasteiger partial charge in [0.1, 0.15) is 0 Å². The van der Waals surface area contributed by atoms with Crippen LogP contribution in [0.5, 0.6) is 0 Å². The van der Waals surface area contributed by atoms with Crippen LogP contribution in [0.2, 0.25) is 0 Å². The van der Waals surface area contributed by atoms with E-state index in [0.717, 1.165) is 38.7 Å². The van der Waals surface area contributed by atoms with Crippen molar-refractivity contribution in [2.75, 3.05) is 39.0 Å². The van der Waals surface area contributed by atoms with E-state index in [9.17, 15) is 0 Å². The van der Waals surface area contributed by atoms with Crippen molar-refractivity contribution in [2.45, 2.75) is 38.5 Å². The van der Waals surface area contributed by atoms with Crippen LogP contribution in [-0.4, -0.2) is 54.6 Å². The highest BCUT2D eigenvalue weighted by Crippen LogP contribution is 2.22. The summed E-state index contributed by atoms with van der Waals surface area (Å²) < 4.78 is 6.11. The van der Waals surface area contributed by atoms with Gasteiger partial charge in [0.2, 0.25) is 0 Å². The molecule has 4 nitrogen and oxygen atoms in total. The summed E-state index contributed by atoms with van der Waals surface area (Å²) in [5.74, 6) is 1.64. The van der Waals surface area contributed by atoms with Crippen LogP contribution >= 0.6 is 35.7 Å². The Balaban J connectivity index is 0.00000338. The molecule has 1 atom stereocenters. The largest absolute Gasteiger partial charge is 0.376 e. The first kappa shape index (κ1) is 23.6. The molecular weight excluding hydrogens is 457 g/mol. The molecule has 0 amide bonds. The van der Waals surface area contributed by atoms with E-state index >= 15 is 0 Å². The topological polar surface area (TPSA) is 36.9 Å². The summed E-state index contributed by atoms with van der Waals surface area (Å²) in [6, 6.07) is 10.4. The zero-order valence-electron chi connectivity index (χ0n) is 16.5. The number of hydrogen-bond acceptors (Lipinski definition) is 3. The number of ether oxygens (including phenoxy) is 1. The molecule has 1 fully saturated rings. The molecule has 1 aromatic carbocycles. The smallest absolute Gasteiger partial charge is 0.193 e. The van der Waals surface area contributed by atoms with Crippen molar-refractivity contribution >= 4 is 41.7 Å². The van der Waals surface area contributed by atoms with Crippen LogP contribution in [0.4, 0.5) is 0 Å². The minimum atomic E-state index is 0. The fourth-order valence-electron chi connectivity index (χ4n) is 2.83. The van der Waals surface area contributed by atoms with E-state index in [1.807, 2.05) is 17.8 Å². The second-order valence-electron chi connectivity index (χ2n) is 7.24. The second kappa shape index (κ2) is 12.1. The first-order valence-corrected chi connectivity index (χ1v) is 10.5. The van der Waals surface area contributed by atoms with Crippen LogP contribution in [-0.2, 0) is 11.3 Å². The Labute approximate surface area is 180 Å². The average Bonchev–Trinajstić information content (AvgIpc) is 3.08. The van der Waals surface area contributed by atoms with Crippen molar-refractivity contribution in [3.05, 3.63) is 35.9 Å². The van der Waals surface area contributed by atoms with E-state index in [2.05, 4.69) is 61.5 Å². The maximum atomic E-state index is 5.93. The molecule has 26 heavy (non-hydrogen) atoms. The number of rotatable bonds is 8. The molecular formula is C20H34IN3OS. The molecule has 0 aliphatic carbocycles. The van der Waals surface area contributed by atoms with Crippen molar-refractivity contribution in [2.24, 2.45) is 10.9 Å². The highest BCUT2D eigenvalue weighted by Gasteiger charge is 2.25. The Kier molecular flexibility index (Phi) is 11.0. The van der Waals surface area contributed by atoms with Crippen LogP contribution in [0.15, 0.2) is 35.3 Å². The third kappa shape index (κ3) is 8.05.